The molecule has 1 aliphatic heterocycles. The first-order valence-corrected chi connectivity index (χ1v) is 6.40. The number of nitrogens with two attached hydrogens (primary N) is 1. The Kier molecular flexibility index (Phi) is 6.80. The maximum absolute atomic E-state index is 12.1. The van der Waals surface area contributed by atoms with Crippen molar-refractivity contribution in [2.75, 3.05) is 13.1 Å². The first kappa shape index (κ1) is 15.0. The van der Waals surface area contributed by atoms with E-state index in [0.717, 1.165) is 37.6 Å². The predicted molar refractivity (Wildman–Crippen MR) is 73.7 cm³/mol. The molecule has 1 saturated heterocycles. The Morgan fingerprint density at radius 1 is 1.44 bits per heavy atom. The summed E-state index contributed by atoms with van der Waals surface area (Å²) in [5.74, 6) is 5.35. The number of hydrogen-bond acceptors (Lipinski definition) is 3. The summed E-state index contributed by atoms with van der Waals surface area (Å²) in [5, 5.41) is 5.46. The van der Waals surface area contributed by atoms with Gasteiger partial charge in [-0.25, -0.2) is 9.40 Å². The third-order valence-electron chi connectivity index (χ3n) is 2.63. The molecule has 1 aromatic rings. The van der Waals surface area contributed by atoms with Crippen molar-refractivity contribution in [1.29, 1.82) is 0 Å². The molecule has 2 rings (SSSR count). The van der Waals surface area contributed by atoms with Crippen LogP contribution in [0.25, 0.3) is 0 Å². The van der Waals surface area contributed by atoms with Crippen molar-refractivity contribution < 1.29 is 9.18 Å². The van der Waals surface area contributed by atoms with Crippen LogP contribution in [0.5, 0.6) is 0 Å². The zero-order chi connectivity index (χ0) is 13.4. The summed E-state index contributed by atoms with van der Waals surface area (Å²) >= 11 is 0. The van der Waals surface area contributed by atoms with Gasteiger partial charge >= 0.3 is 0 Å². The van der Waals surface area contributed by atoms with Crippen molar-refractivity contribution >= 4 is 21.0 Å². The molecule has 4 nitrogen and oxygen atoms in total. The number of nitrogens with zero attached hydrogens (tertiary/aromatic N) is 1. The highest BCUT2D eigenvalue weighted by molar-refractivity contribution is 7.27. The van der Waals surface area contributed by atoms with Crippen molar-refractivity contribution in [3.8, 4) is 0 Å². The lowest BCUT2D eigenvalue weighted by Gasteiger charge is -2.28. The Bertz CT molecular complexity index is 340. The highest BCUT2D eigenvalue weighted by Crippen LogP contribution is 2.05. The van der Waals surface area contributed by atoms with Crippen LogP contribution < -0.4 is 16.5 Å². The highest BCUT2D eigenvalue weighted by atomic mass is 31.0. The molecule has 0 saturated carbocycles. The second-order valence-electron chi connectivity index (χ2n) is 4.17. The number of benzene rings is 1. The molecular formula is C12H19FN3OP. The largest absolute Gasteiger partial charge is 0.355 e. The Morgan fingerprint density at radius 3 is 2.61 bits per heavy atom. The molecule has 0 spiro atoms. The third kappa shape index (κ3) is 6.05. The minimum absolute atomic E-state index is 0.184. The topological polar surface area (TPSA) is 58.4 Å². The third-order valence-corrected chi connectivity index (χ3v) is 3.01. The summed E-state index contributed by atoms with van der Waals surface area (Å²) in [4.78, 5) is 10.0. The molecule has 6 heteroatoms. The molecule has 18 heavy (non-hydrogen) atoms. The first-order chi connectivity index (χ1) is 8.61. The van der Waals surface area contributed by atoms with Gasteiger partial charge in [-0.15, -0.1) is 9.24 Å². The van der Waals surface area contributed by atoms with Crippen LogP contribution in [-0.4, -0.2) is 30.6 Å². The SMILES string of the molecule is Fc1ccc(P)cc1.NN1CCC[C@@H](NC=O)C1. The quantitative estimate of drug-likeness (QED) is 0.465. The summed E-state index contributed by atoms with van der Waals surface area (Å²) in [6.45, 7) is 1.72. The maximum atomic E-state index is 12.1. The number of halogens is 1. The van der Waals surface area contributed by atoms with Crippen LogP contribution in [0.4, 0.5) is 4.39 Å². The van der Waals surface area contributed by atoms with Crippen LogP contribution in [0, 0.1) is 5.82 Å². The zero-order valence-electron chi connectivity index (χ0n) is 10.2. The fraction of sp³-hybridized carbons (Fsp3) is 0.417. The molecule has 1 aliphatic rings. The molecule has 3 N–H and O–H groups in total. The number of rotatable bonds is 2. The minimum Gasteiger partial charge on any atom is -0.355 e. The van der Waals surface area contributed by atoms with Crippen LogP contribution in [0.3, 0.4) is 0 Å². The number of hydrazine groups is 1. The summed E-state index contributed by atoms with van der Waals surface area (Å²) in [7, 11) is 2.48. The maximum Gasteiger partial charge on any atom is 0.207 e. The summed E-state index contributed by atoms with van der Waals surface area (Å²) in [5.41, 5.74) is 0. The number of amides is 1. The zero-order valence-corrected chi connectivity index (χ0v) is 11.3. The van der Waals surface area contributed by atoms with Crippen molar-refractivity contribution in [2.24, 2.45) is 5.84 Å². The van der Waals surface area contributed by atoms with Crippen LogP contribution >= 0.6 is 9.24 Å². The van der Waals surface area contributed by atoms with Crippen molar-refractivity contribution in [3.05, 3.63) is 30.1 Å². The molecule has 2 atom stereocenters. The number of carbonyl (C=O) groups excluding carboxylic acids is 1. The van der Waals surface area contributed by atoms with E-state index in [1.54, 1.807) is 17.1 Å². The monoisotopic (exact) mass is 271 g/mol. The molecule has 1 unspecified atom stereocenters. The number of hydrogen-bond donors (Lipinski definition) is 2. The van der Waals surface area contributed by atoms with Crippen molar-refractivity contribution in [3.63, 3.8) is 0 Å². The molecular weight excluding hydrogens is 252 g/mol. The lowest BCUT2D eigenvalue weighted by atomic mass is 10.1. The second kappa shape index (κ2) is 8.14. The second-order valence-corrected chi connectivity index (χ2v) is 4.84. The van der Waals surface area contributed by atoms with Crippen LogP contribution in [0.1, 0.15) is 12.8 Å². The van der Waals surface area contributed by atoms with Gasteiger partial charge in [0.25, 0.3) is 0 Å². The highest BCUT2D eigenvalue weighted by Gasteiger charge is 2.15. The Labute approximate surface area is 109 Å². The van der Waals surface area contributed by atoms with Crippen molar-refractivity contribution in [1.82, 2.24) is 10.3 Å². The predicted octanol–water partition coefficient (Wildman–Crippen LogP) is 0.397. The van der Waals surface area contributed by atoms with Gasteiger partial charge in [0.05, 0.1) is 0 Å². The van der Waals surface area contributed by atoms with E-state index in [2.05, 4.69) is 14.6 Å². The minimum atomic E-state index is -0.184. The van der Waals surface area contributed by atoms with Crippen LogP contribution in [-0.2, 0) is 4.79 Å². The standard InChI is InChI=1S/C6H6FP.C6H13N3O/c7-5-1-3-6(8)4-2-5;7-9-3-1-2-6(4-9)8-5-10/h1-4H,8H2;5-6H,1-4,7H2,(H,8,10)/t;6-/m.1/s1. The van der Waals surface area contributed by atoms with Gasteiger partial charge in [-0.2, -0.15) is 0 Å². The Morgan fingerprint density at radius 2 is 2.11 bits per heavy atom. The summed E-state index contributed by atoms with van der Waals surface area (Å²) in [6.07, 6.45) is 2.86. The average Bonchev–Trinajstić information content (AvgIpc) is 2.34. The van der Waals surface area contributed by atoms with Crippen molar-refractivity contribution in [2.45, 2.75) is 18.9 Å². The lowest BCUT2D eigenvalue weighted by Crippen LogP contribution is -2.48. The van der Waals surface area contributed by atoms with Gasteiger partial charge in [-0.3, -0.25) is 10.6 Å². The fourth-order valence-electron chi connectivity index (χ4n) is 1.70. The van der Waals surface area contributed by atoms with E-state index in [1.165, 1.54) is 12.1 Å². The van der Waals surface area contributed by atoms with E-state index in [9.17, 15) is 9.18 Å². The number of carbonyl (C=O) groups is 1. The van der Waals surface area contributed by atoms with E-state index >= 15 is 0 Å². The van der Waals surface area contributed by atoms with Gasteiger partial charge in [0, 0.05) is 19.1 Å². The molecule has 1 heterocycles. The van der Waals surface area contributed by atoms with E-state index in [0.29, 0.717) is 0 Å². The molecule has 0 radical (unpaired) electrons. The Balaban J connectivity index is 0.000000184. The summed E-state index contributed by atoms with van der Waals surface area (Å²) < 4.78 is 12.1. The number of piperidine rings is 1. The molecule has 0 aliphatic carbocycles. The number of nitrogens with one attached hydrogen (secondary N) is 1. The van der Waals surface area contributed by atoms with E-state index < -0.39 is 0 Å². The molecule has 100 valence electrons. The van der Waals surface area contributed by atoms with Gasteiger partial charge in [-0.05, 0) is 30.3 Å². The van der Waals surface area contributed by atoms with Crippen LogP contribution in [0.15, 0.2) is 24.3 Å². The van der Waals surface area contributed by atoms with E-state index in [1.807, 2.05) is 0 Å². The van der Waals surface area contributed by atoms with Gasteiger partial charge in [-0.1, -0.05) is 12.1 Å². The summed E-state index contributed by atoms with van der Waals surface area (Å²) in [6, 6.07) is 6.54. The fourth-order valence-corrected chi connectivity index (χ4v) is 1.89. The first-order valence-electron chi connectivity index (χ1n) is 5.82. The normalized spacial score (nSPS) is 19.6. The molecule has 1 amide bonds. The lowest BCUT2D eigenvalue weighted by molar-refractivity contribution is -0.110. The van der Waals surface area contributed by atoms with E-state index in [-0.39, 0.29) is 11.9 Å². The smallest absolute Gasteiger partial charge is 0.207 e. The molecule has 1 aromatic carbocycles. The molecule has 1 fully saturated rings. The molecule has 0 bridgehead atoms. The van der Waals surface area contributed by atoms with Gasteiger partial charge < -0.3 is 5.32 Å². The molecule has 0 aromatic heterocycles. The van der Waals surface area contributed by atoms with Gasteiger partial charge in [0.1, 0.15) is 5.82 Å². The van der Waals surface area contributed by atoms with Gasteiger partial charge in [0.15, 0.2) is 0 Å². The van der Waals surface area contributed by atoms with E-state index in [4.69, 9.17) is 5.84 Å². The van der Waals surface area contributed by atoms with Crippen LogP contribution in [0.2, 0.25) is 0 Å². The van der Waals surface area contributed by atoms with Gasteiger partial charge in [0.2, 0.25) is 6.41 Å². The Hall–Kier alpha value is -1.03. The average molecular weight is 271 g/mol.